The van der Waals surface area contributed by atoms with E-state index >= 15 is 0 Å². The first kappa shape index (κ1) is 10.1. The highest BCUT2D eigenvalue weighted by atomic mass is 16.9. The first-order valence-corrected chi connectivity index (χ1v) is 7.10. The van der Waals surface area contributed by atoms with Crippen LogP contribution in [0.2, 0.25) is 0 Å². The summed E-state index contributed by atoms with van der Waals surface area (Å²) in [5.74, 6) is -1.58. The highest BCUT2D eigenvalue weighted by Gasteiger charge is 2.51. The second-order valence-electron chi connectivity index (χ2n) is 5.53. The molecule has 0 radical (unpaired) electrons. The normalized spacial score (nSPS) is 33.4. The molecule has 0 saturated carbocycles. The molecule has 1 saturated heterocycles. The molecular formula is C18H18O3. The van der Waals surface area contributed by atoms with Crippen molar-refractivity contribution in [1.82, 2.24) is 0 Å². The van der Waals surface area contributed by atoms with Gasteiger partial charge in [-0.15, -0.1) is 0 Å². The molecule has 2 bridgehead atoms. The van der Waals surface area contributed by atoms with Crippen molar-refractivity contribution in [3.8, 4) is 0 Å². The quantitative estimate of drug-likeness (QED) is 0.841. The van der Waals surface area contributed by atoms with Gasteiger partial charge in [0.1, 0.15) is 0 Å². The molecule has 3 nitrogen and oxygen atoms in total. The van der Waals surface area contributed by atoms with Crippen LogP contribution in [0.4, 0.5) is 0 Å². The highest BCUT2D eigenvalue weighted by molar-refractivity contribution is 5.35. The Labute approximate surface area is 128 Å². The monoisotopic (exact) mass is 285 g/mol. The molecule has 108 valence electrons. The first-order chi connectivity index (χ1) is 11.5. The van der Waals surface area contributed by atoms with E-state index in [9.17, 15) is 0 Å². The number of hydrogen-bond donors (Lipinski definition) is 0. The number of ether oxygens (including phenoxy) is 3. The lowest BCUT2D eigenvalue weighted by molar-refractivity contribution is -0.363. The van der Waals surface area contributed by atoms with E-state index in [1.54, 1.807) is 0 Å². The average molecular weight is 285 g/mol. The van der Waals surface area contributed by atoms with Crippen molar-refractivity contribution >= 4 is 0 Å². The van der Waals surface area contributed by atoms with E-state index in [0.29, 0.717) is 6.42 Å². The molecule has 0 amide bonds. The standard InChI is InChI=1S/C18H18O3/c1-19-18-11-16(13-7-3-2-4-8-13)17(21-18)15-10-6-5-9-14(15)12-20-18/h2-10,16-17H,11-12H2,1H3/t16?,17-,18+/m1/s1/i1D3. The van der Waals surface area contributed by atoms with Gasteiger partial charge >= 0.3 is 0 Å². The van der Waals surface area contributed by atoms with E-state index in [0.717, 1.165) is 16.7 Å². The maximum atomic E-state index is 7.47. The molecule has 3 heteroatoms. The van der Waals surface area contributed by atoms with Gasteiger partial charge in [0.2, 0.25) is 0 Å². The molecule has 1 unspecified atom stereocenters. The second kappa shape index (κ2) is 4.95. The largest absolute Gasteiger partial charge is 0.331 e. The predicted octanol–water partition coefficient (Wildman–Crippen LogP) is 3.76. The molecule has 0 aromatic heterocycles. The predicted molar refractivity (Wildman–Crippen MR) is 78.6 cm³/mol. The third-order valence-corrected chi connectivity index (χ3v) is 4.33. The number of hydrogen-bond acceptors (Lipinski definition) is 3. The SMILES string of the molecule is [2H]C([2H])([2H])O[C@]12CC(c3ccccc3)[C@H](O1)c1ccccc1CO2. The Bertz CT molecular complexity index is 728. The lowest BCUT2D eigenvalue weighted by Crippen LogP contribution is -2.33. The van der Waals surface area contributed by atoms with Crippen LogP contribution >= 0.6 is 0 Å². The molecular weight excluding hydrogens is 264 g/mol. The van der Waals surface area contributed by atoms with Crippen molar-refractivity contribution in [3.63, 3.8) is 0 Å². The van der Waals surface area contributed by atoms with Crippen LogP contribution in [0, 0.1) is 0 Å². The van der Waals surface area contributed by atoms with Crippen LogP contribution in [0.3, 0.4) is 0 Å². The van der Waals surface area contributed by atoms with Crippen molar-refractivity contribution in [2.45, 2.75) is 31.0 Å². The van der Waals surface area contributed by atoms with Crippen molar-refractivity contribution in [2.75, 3.05) is 7.04 Å². The average Bonchev–Trinajstić information content (AvgIpc) is 2.83. The Hall–Kier alpha value is -1.68. The Morgan fingerprint density at radius 3 is 2.81 bits per heavy atom. The van der Waals surface area contributed by atoms with E-state index < -0.39 is 13.0 Å². The molecule has 2 aliphatic heterocycles. The van der Waals surface area contributed by atoms with Crippen molar-refractivity contribution in [1.29, 1.82) is 0 Å². The van der Waals surface area contributed by atoms with Crippen molar-refractivity contribution < 1.29 is 18.3 Å². The lowest BCUT2D eigenvalue weighted by Gasteiger charge is -2.25. The first-order valence-electron chi connectivity index (χ1n) is 8.60. The number of benzene rings is 2. The summed E-state index contributed by atoms with van der Waals surface area (Å²) < 4.78 is 39.6. The minimum Gasteiger partial charge on any atom is -0.331 e. The van der Waals surface area contributed by atoms with Crippen LogP contribution in [-0.4, -0.2) is 13.0 Å². The van der Waals surface area contributed by atoms with Gasteiger partial charge in [-0.05, 0) is 16.7 Å². The van der Waals surface area contributed by atoms with Crippen molar-refractivity contribution in [3.05, 3.63) is 71.3 Å². The minimum atomic E-state index is -2.59. The van der Waals surface area contributed by atoms with Crippen LogP contribution in [0.1, 0.15) is 39.2 Å². The molecule has 21 heavy (non-hydrogen) atoms. The Kier molecular flexibility index (Phi) is 2.38. The molecule has 0 N–H and O–H groups in total. The van der Waals surface area contributed by atoms with Gasteiger partial charge in [-0.1, -0.05) is 54.6 Å². The Morgan fingerprint density at radius 2 is 1.95 bits per heavy atom. The topological polar surface area (TPSA) is 27.7 Å². The molecule has 2 aromatic carbocycles. The van der Waals surface area contributed by atoms with Crippen LogP contribution in [0.15, 0.2) is 54.6 Å². The van der Waals surface area contributed by atoms with E-state index in [2.05, 4.69) is 0 Å². The van der Waals surface area contributed by atoms with E-state index in [4.69, 9.17) is 18.3 Å². The Balaban J connectivity index is 1.78. The Morgan fingerprint density at radius 1 is 1.14 bits per heavy atom. The summed E-state index contributed by atoms with van der Waals surface area (Å²) >= 11 is 0. The molecule has 4 rings (SSSR count). The summed E-state index contributed by atoms with van der Waals surface area (Å²) in [6, 6.07) is 17.8. The van der Waals surface area contributed by atoms with Gasteiger partial charge in [0.05, 0.1) is 16.8 Å². The maximum Gasteiger partial charge on any atom is 0.284 e. The third kappa shape index (κ3) is 2.09. The van der Waals surface area contributed by atoms with Gasteiger partial charge < -0.3 is 14.2 Å². The molecule has 0 aliphatic carbocycles. The van der Waals surface area contributed by atoms with Crippen LogP contribution in [0.5, 0.6) is 0 Å². The van der Waals surface area contributed by atoms with Crippen LogP contribution in [0.25, 0.3) is 0 Å². The summed E-state index contributed by atoms with van der Waals surface area (Å²) in [4.78, 5) is 0. The van der Waals surface area contributed by atoms with Crippen LogP contribution < -0.4 is 0 Å². The highest BCUT2D eigenvalue weighted by Crippen LogP contribution is 2.52. The second-order valence-corrected chi connectivity index (χ2v) is 5.53. The van der Waals surface area contributed by atoms with Crippen molar-refractivity contribution in [2.24, 2.45) is 0 Å². The van der Waals surface area contributed by atoms with E-state index in [1.165, 1.54) is 0 Å². The third-order valence-electron chi connectivity index (χ3n) is 4.33. The molecule has 3 atom stereocenters. The molecule has 2 heterocycles. The fourth-order valence-electron chi connectivity index (χ4n) is 3.29. The van der Waals surface area contributed by atoms with Gasteiger partial charge in [-0.3, -0.25) is 0 Å². The lowest BCUT2D eigenvalue weighted by atomic mass is 9.86. The van der Waals surface area contributed by atoms with Gasteiger partial charge in [0, 0.05) is 19.4 Å². The fourth-order valence-corrected chi connectivity index (χ4v) is 3.29. The summed E-state index contributed by atoms with van der Waals surface area (Å²) in [6.45, 7) is 0.268. The number of methoxy groups -OCH3 is 1. The van der Waals surface area contributed by atoms with Crippen LogP contribution in [-0.2, 0) is 20.8 Å². The molecule has 1 fully saturated rings. The summed E-state index contributed by atoms with van der Waals surface area (Å²) in [5.41, 5.74) is 3.11. The summed E-state index contributed by atoms with van der Waals surface area (Å²) in [6.07, 6.45) is 0.0439. The number of rotatable bonds is 2. The smallest absolute Gasteiger partial charge is 0.284 e. The minimum absolute atomic E-state index is 0.0324. The van der Waals surface area contributed by atoms with Gasteiger partial charge in [-0.25, -0.2) is 0 Å². The summed E-state index contributed by atoms with van der Waals surface area (Å²) in [5, 5.41) is 0. The van der Waals surface area contributed by atoms with E-state index in [1.807, 2.05) is 54.6 Å². The van der Waals surface area contributed by atoms with Gasteiger partial charge in [0.15, 0.2) is 0 Å². The fraction of sp³-hybridized carbons (Fsp3) is 0.333. The zero-order chi connectivity index (χ0) is 16.8. The maximum absolute atomic E-state index is 7.47. The van der Waals surface area contributed by atoms with Gasteiger partial charge in [-0.2, -0.15) is 0 Å². The molecule has 2 aromatic rings. The molecule has 2 aliphatic rings. The molecule has 0 spiro atoms. The number of fused-ring (bicyclic) bond motifs is 4. The van der Waals surface area contributed by atoms with Gasteiger partial charge in [0.25, 0.3) is 5.97 Å². The van der Waals surface area contributed by atoms with E-state index in [-0.39, 0.29) is 18.6 Å². The zero-order valence-corrected chi connectivity index (χ0v) is 11.5. The zero-order valence-electron chi connectivity index (χ0n) is 14.5. The summed E-state index contributed by atoms with van der Waals surface area (Å²) in [7, 11) is -2.59.